The number of carbonyl (C=O) groups is 2. The molecule has 0 bridgehead atoms. The summed E-state index contributed by atoms with van der Waals surface area (Å²) in [5, 5.41) is 24.4. The number of esters is 1. The number of anilines is 1. The fourth-order valence-electron chi connectivity index (χ4n) is 3.97. The van der Waals surface area contributed by atoms with Gasteiger partial charge in [0.15, 0.2) is 17.6 Å². The minimum Gasteiger partial charge on any atom is -0.477 e. The van der Waals surface area contributed by atoms with Crippen molar-refractivity contribution in [2.45, 2.75) is 32.5 Å². The van der Waals surface area contributed by atoms with Gasteiger partial charge in [-0.3, -0.25) is 0 Å². The zero-order chi connectivity index (χ0) is 23.5. The summed E-state index contributed by atoms with van der Waals surface area (Å²) in [6.45, 7) is 3.80. The van der Waals surface area contributed by atoms with E-state index in [4.69, 9.17) is 4.74 Å². The second-order valence-corrected chi connectivity index (χ2v) is 7.76. The van der Waals surface area contributed by atoms with Gasteiger partial charge in [0.25, 0.3) is 0 Å². The van der Waals surface area contributed by atoms with Crippen molar-refractivity contribution >= 4 is 39.6 Å². The summed E-state index contributed by atoms with van der Waals surface area (Å²) >= 11 is 0. The van der Waals surface area contributed by atoms with Crippen LogP contribution in [0.2, 0.25) is 0 Å². The molecule has 4 rings (SSSR count). The standard InChI is InChI=1S/C25H25N3O5/c1-3-33-25(32)21(15(2)29)27-23-22-18(13-19(26-23)24(30)31)17-11-7-8-12-20(17)28(22)14-16-9-5-4-6-10-16/h4-13,15,21,29H,3,14H2,1-2H3,(H,26,27)(H,30,31)/t15-,21+/m1/s1. The SMILES string of the molecule is CCOC(=O)[C@@H](Nc1nc(C(=O)O)cc2c3ccccc3n(Cc3ccccc3)c12)[C@@H](C)O. The van der Waals surface area contributed by atoms with Crippen molar-refractivity contribution < 1.29 is 24.5 Å². The Morgan fingerprint density at radius 1 is 1.09 bits per heavy atom. The van der Waals surface area contributed by atoms with Crippen molar-refractivity contribution in [2.24, 2.45) is 0 Å². The molecule has 4 aromatic rings. The number of carbonyl (C=O) groups excluding carboxylic acids is 1. The molecule has 0 aliphatic heterocycles. The monoisotopic (exact) mass is 447 g/mol. The molecule has 3 N–H and O–H groups in total. The molecule has 2 aromatic heterocycles. The van der Waals surface area contributed by atoms with Gasteiger partial charge in [-0.2, -0.15) is 0 Å². The highest BCUT2D eigenvalue weighted by Gasteiger charge is 2.28. The second kappa shape index (κ2) is 9.30. The number of aromatic nitrogens is 2. The number of hydrogen-bond donors (Lipinski definition) is 3. The van der Waals surface area contributed by atoms with Gasteiger partial charge in [-0.25, -0.2) is 14.6 Å². The van der Waals surface area contributed by atoms with E-state index in [0.29, 0.717) is 17.4 Å². The number of fused-ring (bicyclic) bond motifs is 3. The highest BCUT2D eigenvalue weighted by atomic mass is 16.5. The largest absolute Gasteiger partial charge is 0.477 e. The van der Waals surface area contributed by atoms with Gasteiger partial charge < -0.3 is 24.8 Å². The summed E-state index contributed by atoms with van der Waals surface area (Å²) in [6, 6.07) is 18.0. The average molecular weight is 447 g/mol. The van der Waals surface area contributed by atoms with Crippen molar-refractivity contribution in [2.75, 3.05) is 11.9 Å². The van der Waals surface area contributed by atoms with Crippen LogP contribution in [0.15, 0.2) is 60.7 Å². The number of pyridine rings is 1. The maximum absolute atomic E-state index is 12.5. The van der Waals surface area contributed by atoms with Crippen LogP contribution in [0, 0.1) is 0 Å². The van der Waals surface area contributed by atoms with Crippen molar-refractivity contribution in [1.82, 2.24) is 9.55 Å². The lowest BCUT2D eigenvalue weighted by atomic mass is 10.1. The van der Waals surface area contributed by atoms with Crippen LogP contribution in [0.3, 0.4) is 0 Å². The van der Waals surface area contributed by atoms with Crippen molar-refractivity contribution in [1.29, 1.82) is 0 Å². The van der Waals surface area contributed by atoms with Crippen LogP contribution in [0.25, 0.3) is 21.8 Å². The van der Waals surface area contributed by atoms with Gasteiger partial charge >= 0.3 is 11.9 Å². The van der Waals surface area contributed by atoms with Crippen LogP contribution in [-0.4, -0.2) is 50.5 Å². The molecular formula is C25H25N3O5. The first-order valence-corrected chi connectivity index (χ1v) is 10.7. The van der Waals surface area contributed by atoms with E-state index in [1.165, 1.54) is 13.0 Å². The van der Waals surface area contributed by atoms with Crippen LogP contribution in [0.5, 0.6) is 0 Å². The van der Waals surface area contributed by atoms with Crippen LogP contribution < -0.4 is 5.32 Å². The van der Waals surface area contributed by atoms with Crippen LogP contribution in [0.1, 0.15) is 29.9 Å². The number of hydrogen-bond acceptors (Lipinski definition) is 6. The van der Waals surface area contributed by atoms with Crippen molar-refractivity contribution in [3.8, 4) is 0 Å². The molecule has 0 spiro atoms. The lowest BCUT2D eigenvalue weighted by Crippen LogP contribution is -2.40. The Morgan fingerprint density at radius 3 is 2.45 bits per heavy atom. The predicted molar refractivity (Wildman–Crippen MR) is 125 cm³/mol. The van der Waals surface area contributed by atoms with E-state index in [1.807, 2.05) is 59.2 Å². The Balaban J connectivity index is 1.98. The number of aromatic carboxylic acids is 1. The third-order valence-corrected chi connectivity index (χ3v) is 5.47. The highest BCUT2D eigenvalue weighted by Crippen LogP contribution is 2.34. The van der Waals surface area contributed by atoms with Crippen molar-refractivity contribution in [3.05, 3.63) is 71.9 Å². The van der Waals surface area contributed by atoms with E-state index in [-0.39, 0.29) is 18.1 Å². The van der Waals surface area contributed by atoms with Gasteiger partial charge in [-0.1, -0.05) is 48.5 Å². The maximum atomic E-state index is 12.5. The Kier molecular flexibility index (Phi) is 6.28. The normalized spacial score (nSPS) is 13.1. The molecule has 0 unspecified atom stereocenters. The Morgan fingerprint density at radius 2 is 1.79 bits per heavy atom. The third-order valence-electron chi connectivity index (χ3n) is 5.47. The lowest BCUT2D eigenvalue weighted by Gasteiger charge is -2.21. The van der Waals surface area contributed by atoms with E-state index in [9.17, 15) is 19.8 Å². The zero-order valence-corrected chi connectivity index (χ0v) is 18.4. The van der Waals surface area contributed by atoms with Crippen LogP contribution in [-0.2, 0) is 16.1 Å². The van der Waals surface area contributed by atoms with E-state index in [2.05, 4.69) is 10.3 Å². The number of carboxylic acids is 1. The van der Waals surface area contributed by atoms with Crippen molar-refractivity contribution in [3.63, 3.8) is 0 Å². The Bertz CT molecular complexity index is 1310. The molecule has 0 radical (unpaired) electrons. The number of nitrogens with one attached hydrogen (secondary N) is 1. The average Bonchev–Trinajstić information content (AvgIpc) is 3.11. The van der Waals surface area contributed by atoms with E-state index >= 15 is 0 Å². The maximum Gasteiger partial charge on any atom is 0.354 e. The number of rotatable bonds is 8. The van der Waals surface area contributed by atoms with Crippen LogP contribution >= 0.6 is 0 Å². The first kappa shape index (κ1) is 22.3. The van der Waals surface area contributed by atoms with Gasteiger partial charge in [0.1, 0.15) is 0 Å². The molecule has 33 heavy (non-hydrogen) atoms. The molecule has 0 aliphatic carbocycles. The predicted octanol–water partition coefficient (Wildman–Crippen LogP) is 3.66. The first-order chi connectivity index (χ1) is 15.9. The fraction of sp³-hybridized carbons (Fsp3) is 0.240. The van der Waals surface area contributed by atoms with Gasteiger partial charge in [0.05, 0.1) is 18.2 Å². The summed E-state index contributed by atoms with van der Waals surface area (Å²) in [4.78, 5) is 28.7. The lowest BCUT2D eigenvalue weighted by molar-refractivity contribution is -0.146. The number of aliphatic hydroxyl groups excluding tert-OH is 1. The molecule has 0 aliphatic rings. The van der Waals surface area contributed by atoms with E-state index < -0.39 is 24.1 Å². The Labute approximate surface area is 190 Å². The zero-order valence-electron chi connectivity index (χ0n) is 18.4. The minimum absolute atomic E-state index is 0.149. The number of ether oxygens (including phenoxy) is 1. The summed E-state index contributed by atoms with van der Waals surface area (Å²) < 4.78 is 7.13. The molecule has 2 heterocycles. The number of nitrogens with zero attached hydrogens (tertiary/aromatic N) is 2. The van der Waals surface area contributed by atoms with E-state index in [0.717, 1.165) is 16.5 Å². The molecule has 2 atom stereocenters. The highest BCUT2D eigenvalue weighted by molar-refractivity contribution is 6.13. The van der Waals surface area contributed by atoms with Crippen LogP contribution in [0.4, 0.5) is 5.82 Å². The summed E-state index contributed by atoms with van der Waals surface area (Å²) in [7, 11) is 0. The first-order valence-electron chi connectivity index (χ1n) is 10.7. The molecule has 0 saturated heterocycles. The molecule has 2 aromatic carbocycles. The number of para-hydroxylation sites is 1. The summed E-state index contributed by atoms with van der Waals surface area (Å²) in [5.74, 6) is -1.64. The number of benzene rings is 2. The van der Waals surface area contributed by atoms with E-state index in [1.54, 1.807) is 6.92 Å². The quantitative estimate of drug-likeness (QED) is 0.353. The molecule has 8 heteroatoms. The van der Waals surface area contributed by atoms with Gasteiger partial charge in [0, 0.05) is 22.8 Å². The second-order valence-electron chi connectivity index (χ2n) is 7.76. The van der Waals surface area contributed by atoms with Gasteiger partial charge in [0.2, 0.25) is 0 Å². The topological polar surface area (TPSA) is 114 Å². The third kappa shape index (κ3) is 4.38. The Hall–Kier alpha value is -3.91. The van der Waals surface area contributed by atoms with Gasteiger partial charge in [-0.05, 0) is 31.5 Å². The molecule has 0 fully saturated rings. The summed E-state index contributed by atoms with van der Waals surface area (Å²) in [6.07, 6.45) is -1.10. The number of aliphatic hydroxyl groups is 1. The fourth-order valence-corrected chi connectivity index (χ4v) is 3.97. The molecule has 0 amide bonds. The molecular weight excluding hydrogens is 422 g/mol. The molecule has 170 valence electrons. The molecule has 0 saturated carbocycles. The minimum atomic E-state index is -1.19. The smallest absolute Gasteiger partial charge is 0.354 e. The molecule has 8 nitrogen and oxygen atoms in total. The number of carboxylic acid groups (broad SMARTS) is 1. The summed E-state index contributed by atoms with van der Waals surface area (Å²) in [5.41, 5.74) is 2.42. The van der Waals surface area contributed by atoms with Gasteiger partial charge in [-0.15, -0.1) is 0 Å².